The number of nitrogens with one attached hydrogen (secondary N) is 1. The number of rotatable bonds is 8. The molecule has 8 nitrogen and oxygen atoms in total. The highest BCUT2D eigenvalue weighted by Crippen LogP contribution is 2.30. The van der Waals surface area contributed by atoms with Gasteiger partial charge < -0.3 is 19.4 Å². The molecule has 1 saturated carbocycles. The number of hydrogen-bond acceptors (Lipinski definition) is 8. The summed E-state index contributed by atoms with van der Waals surface area (Å²) >= 11 is 1.21. The third-order valence-electron chi connectivity index (χ3n) is 6.99. The Morgan fingerprint density at radius 3 is 2.53 bits per heavy atom. The molecule has 2 heterocycles. The van der Waals surface area contributed by atoms with Gasteiger partial charge in [-0.15, -0.1) is 10.2 Å². The van der Waals surface area contributed by atoms with E-state index in [0.29, 0.717) is 16.9 Å². The molecule has 190 valence electrons. The highest BCUT2D eigenvalue weighted by molar-refractivity contribution is 7.99. The maximum atomic E-state index is 12.5. The molecule has 0 atom stereocenters. The second kappa shape index (κ2) is 11.8. The molecule has 1 amide bonds. The topological polar surface area (TPSA) is 83.7 Å². The van der Waals surface area contributed by atoms with Gasteiger partial charge in [0.15, 0.2) is 0 Å². The monoisotopic (exact) mass is 507 g/mol. The second-order valence-electron chi connectivity index (χ2n) is 9.27. The number of thioether (sulfide) groups is 1. The SMILES string of the molecule is COc1ccccc1-c1nnc(SCC(=O)Nc2ccc(N3CCN(C4CCCCC4)CC3)cc2)o1. The number of nitrogens with zero attached hydrogens (tertiary/aromatic N) is 4. The van der Waals surface area contributed by atoms with Crippen LogP contribution in [0.3, 0.4) is 0 Å². The summed E-state index contributed by atoms with van der Waals surface area (Å²) in [6, 6.07) is 16.4. The van der Waals surface area contributed by atoms with E-state index in [1.165, 1.54) is 49.6 Å². The first-order valence-corrected chi connectivity index (χ1v) is 13.7. The fourth-order valence-electron chi connectivity index (χ4n) is 5.07. The number of anilines is 2. The van der Waals surface area contributed by atoms with Crippen molar-refractivity contribution < 1.29 is 13.9 Å². The Morgan fingerprint density at radius 1 is 1.03 bits per heavy atom. The van der Waals surface area contributed by atoms with Gasteiger partial charge in [0.25, 0.3) is 11.1 Å². The fourth-order valence-corrected chi connectivity index (χ4v) is 5.63. The van der Waals surface area contributed by atoms with E-state index in [2.05, 4.69) is 37.4 Å². The van der Waals surface area contributed by atoms with Crippen LogP contribution in [0.4, 0.5) is 11.4 Å². The van der Waals surface area contributed by atoms with E-state index in [0.717, 1.165) is 43.5 Å². The molecular weight excluding hydrogens is 474 g/mol. The first-order valence-electron chi connectivity index (χ1n) is 12.7. The van der Waals surface area contributed by atoms with Gasteiger partial charge >= 0.3 is 0 Å². The van der Waals surface area contributed by atoms with Crippen molar-refractivity contribution in [3.63, 3.8) is 0 Å². The Labute approximate surface area is 216 Å². The number of para-hydroxylation sites is 1. The first kappa shape index (κ1) is 24.6. The first-order chi connectivity index (χ1) is 17.7. The number of ether oxygens (including phenoxy) is 1. The summed E-state index contributed by atoms with van der Waals surface area (Å²) in [7, 11) is 1.60. The van der Waals surface area contributed by atoms with E-state index >= 15 is 0 Å². The van der Waals surface area contributed by atoms with Crippen molar-refractivity contribution >= 4 is 29.0 Å². The van der Waals surface area contributed by atoms with E-state index in [-0.39, 0.29) is 11.7 Å². The maximum absolute atomic E-state index is 12.5. The Kier molecular flexibility index (Phi) is 8.08. The standard InChI is InChI=1S/C27H33N5O3S/c1-34-24-10-6-5-9-23(24)26-29-30-27(35-26)36-19-25(33)28-20-11-13-22(14-12-20)32-17-15-31(16-18-32)21-7-3-2-4-8-21/h5-6,9-14,21H,2-4,7-8,15-19H2,1H3,(H,28,33). The van der Waals surface area contributed by atoms with Crippen LogP contribution in [0.1, 0.15) is 32.1 Å². The van der Waals surface area contributed by atoms with Crippen molar-refractivity contribution in [3.8, 4) is 17.2 Å². The van der Waals surface area contributed by atoms with Gasteiger partial charge in [-0.3, -0.25) is 9.69 Å². The Hall–Kier alpha value is -3.04. The molecule has 5 rings (SSSR count). The summed E-state index contributed by atoms with van der Waals surface area (Å²) in [6.07, 6.45) is 6.90. The lowest BCUT2D eigenvalue weighted by Crippen LogP contribution is -2.50. The zero-order chi connectivity index (χ0) is 24.7. The number of piperazine rings is 1. The Balaban J connectivity index is 1.08. The predicted octanol–water partition coefficient (Wildman–Crippen LogP) is 4.93. The van der Waals surface area contributed by atoms with Crippen LogP contribution in [0.25, 0.3) is 11.5 Å². The fraction of sp³-hybridized carbons (Fsp3) is 0.444. The molecule has 3 aromatic rings. The summed E-state index contributed by atoms with van der Waals surface area (Å²) in [5, 5.41) is 11.4. The average molecular weight is 508 g/mol. The number of carbonyl (C=O) groups is 1. The molecule has 2 fully saturated rings. The van der Waals surface area contributed by atoms with Crippen molar-refractivity contribution in [2.75, 3.05) is 49.3 Å². The van der Waals surface area contributed by atoms with Crippen LogP contribution in [-0.2, 0) is 4.79 Å². The quantitative estimate of drug-likeness (QED) is 0.430. The minimum absolute atomic E-state index is 0.120. The van der Waals surface area contributed by atoms with Gasteiger partial charge in [0, 0.05) is 43.6 Å². The summed E-state index contributed by atoms with van der Waals surface area (Å²) in [5.74, 6) is 1.08. The summed E-state index contributed by atoms with van der Waals surface area (Å²) in [5.41, 5.74) is 2.71. The lowest BCUT2D eigenvalue weighted by atomic mass is 9.94. The number of aromatic nitrogens is 2. The summed E-state index contributed by atoms with van der Waals surface area (Å²) < 4.78 is 11.1. The second-order valence-corrected chi connectivity index (χ2v) is 10.2. The molecule has 1 saturated heterocycles. The summed E-state index contributed by atoms with van der Waals surface area (Å²) in [6.45, 7) is 4.38. The van der Waals surface area contributed by atoms with Gasteiger partial charge in [-0.05, 0) is 49.2 Å². The minimum atomic E-state index is -0.120. The molecule has 0 bridgehead atoms. The van der Waals surface area contributed by atoms with E-state index in [9.17, 15) is 4.79 Å². The third kappa shape index (κ3) is 6.02. The van der Waals surface area contributed by atoms with Crippen LogP contribution in [-0.4, -0.2) is 66.1 Å². The molecule has 36 heavy (non-hydrogen) atoms. The molecule has 2 aliphatic rings. The van der Waals surface area contributed by atoms with Crippen molar-refractivity contribution in [1.29, 1.82) is 0 Å². The van der Waals surface area contributed by atoms with Crippen LogP contribution in [0.15, 0.2) is 58.2 Å². The van der Waals surface area contributed by atoms with Gasteiger partial charge in [0.1, 0.15) is 5.75 Å². The van der Waals surface area contributed by atoms with Crippen LogP contribution in [0.5, 0.6) is 5.75 Å². The number of benzene rings is 2. The average Bonchev–Trinajstić information content (AvgIpc) is 3.42. The molecule has 9 heteroatoms. The molecule has 0 spiro atoms. The van der Waals surface area contributed by atoms with E-state index < -0.39 is 0 Å². The normalized spacial score (nSPS) is 17.2. The maximum Gasteiger partial charge on any atom is 0.277 e. The molecular formula is C27H33N5O3S. The summed E-state index contributed by atoms with van der Waals surface area (Å²) in [4.78, 5) is 17.6. The molecule has 2 aromatic carbocycles. The van der Waals surface area contributed by atoms with Crippen molar-refractivity contribution in [3.05, 3.63) is 48.5 Å². The van der Waals surface area contributed by atoms with Crippen LogP contribution in [0.2, 0.25) is 0 Å². The van der Waals surface area contributed by atoms with E-state index in [4.69, 9.17) is 9.15 Å². The number of hydrogen-bond donors (Lipinski definition) is 1. The number of methoxy groups -OCH3 is 1. The van der Waals surface area contributed by atoms with Crippen LogP contribution in [0, 0.1) is 0 Å². The zero-order valence-corrected chi connectivity index (χ0v) is 21.5. The molecule has 1 aromatic heterocycles. The van der Waals surface area contributed by atoms with Crippen molar-refractivity contribution in [1.82, 2.24) is 15.1 Å². The van der Waals surface area contributed by atoms with Gasteiger partial charge in [-0.2, -0.15) is 0 Å². The Bertz CT molecular complexity index is 1140. The Morgan fingerprint density at radius 2 is 1.78 bits per heavy atom. The van der Waals surface area contributed by atoms with Gasteiger partial charge in [-0.1, -0.05) is 43.2 Å². The van der Waals surface area contributed by atoms with Crippen LogP contribution < -0.4 is 15.0 Å². The van der Waals surface area contributed by atoms with Gasteiger partial charge in [-0.25, -0.2) is 0 Å². The van der Waals surface area contributed by atoms with E-state index in [1.54, 1.807) is 7.11 Å². The molecule has 0 unspecified atom stereocenters. The molecule has 1 N–H and O–H groups in total. The third-order valence-corrected chi connectivity index (χ3v) is 7.81. The predicted molar refractivity (Wildman–Crippen MR) is 143 cm³/mol. The zero-order valence-electron chi connectivity index (χ0n) is 20.7. The molecule has 1 aliphatic carbocycles. The van der Waals surface area contributed by atoms with E-state index in [1.807, 2.05) is 36.4 Å². The molecule has 0 radical (unpaired) electrons. The lowest BCUT2D eigenvalue weighted by Gasteiger charge is -2.41. The highest BCUT2D eigenvalue weighted by Gasteiger charge is 2.25. The largest absolute Gasteiger partial charge is 0.496 e. The van der Waals surface area contributed by atoms with Crippen molar-refractivity contribution in [2.45, 2.75) is 43.4 Å². The van der Waals surface area contributed by atoms with Crippen molar-refractivity contribution in [2.24, 2.45) is 0 Å². The van der Waals surface area contributed by atoms with Gasteiger partial charge in [0.2, 0.25) is 5.91 Å². The van der Waals surface area contributed by atoms with Crippen LogP contribution >= 0.6 is 11.8 Å². The number of carbonyl (C=O) groups excluding carboxylic acids is 1. The van der Waals surface area contributed by atoms with Gasteiger partial charge in [0.05, 0.1) is 18.4 Å². The number of amides is 1. The smallest absolute Gasteiger partial charge is 0.277 e. The lowest BCUT2D eigenvalue weighted by molar-refractivity contribution is -0.113. The molecule has 1 aliphatic heterocycles. The minimum Gasteiger partial charge on any atom is -0.496 e. The highest BCUT2D eigenvalue weighted by atomic mass is 32.2.